The van der Waals surface area contributed by atoms with Gasteiger partial charge in [0.25, 0.3) is 5.91 Å². The number of hydrogen-bond donors (Lipinski definition) is 2. The molecule has 6 heteroatoms. The summed E-state index contributed by atoms with van der Waals surface area (Å²) in [5.74, 6) is -1.50. The highest BCUT2D eigenvalue weighted by Gasteiger charge is 2.38. The van der Waals surface area contributed by atoms with Gasteiger partial charge < -0.3 is 10.4 Å². The fourth-order valence-corrected chi connectivity index (χ4v) is 2.86. The molecule has 0 aliphatic heterocycles. The van der Waals surface area contributed by atoms with Crippen LogP contribution in [0.1, 0.15) is 45.8 Å². The molecule has 0 unspecified atom stereocenters. The first-order valence-electron chi connectivity index (χ1n) is 7.50. The second kappa shape index (κ2) is 6.16. The Bertz CT molecular complexity index is 710. The van der Waals surface area contributed by atoms with Gasteiger partial charge in [0.05, 0.1) is 12.4 Å². The maximum Gasteiger partial charge on any atom is 0.356 e. The van der Waals surface area contributed by atoms with Crippen LogP contribution in [0.4, 0.5) is 0 Å². The number of carboxylic acids is 1. The van der Waals surface area contributed by atoms with Gasteiger partial charge in [-0.05, 0) is 18.4 Å². The molecule has 6 nitrogen and oxygen atoms in total. The molecule has 3 rings (SSSR count). The van der Waals surface area contributed by atoms with Gasteiger partial charge in [-0.3, -0.25) is 4.79 Å². The second-order valence-corrected chi connectivity index (χ2v) is 5.77. The van der Waals surface area contributed by atoms with Gasteiger partial charge in [-0.1, -0.05) is 36.8 Å². The highest BCUT2D eigenvalue weighted by atomic mass is 16.4. The molecule has 1 heterocycles. The Kier molecular flexibility index (Phi) is 4.06. The predicted molar refractivity (Wildman–Crippen MR) is 83.3 cm³/mol. The summed E-state index contributed by atoms with van der Waals surface area (Å²) in [4.78, 5) is 30.5. The third kappa shape index (κ3) is 3.06. The topological polar surface area (TPSA) is 92.2 Å². The lowest BCUT2D eigenvalue weighted by molar-refractivity contribution is 0.0689. The van der Waals surface area contributed by atoms with Gasteiger partial charge in [-0.15, -0.1) is 0 Å². The smallest absolute Gasteiger partial charge is 0.356 e. The zero-order valence-corrected chi connectivity index (χ0v) is 12.5. The molecule has 2 N–H and O–H groups in total. The predicted octanol–water partition coefficient (Wildman–Crippen LogP) is 2.03. The van der Waals surface area contributed by atoms with Crippen LogP contribution in [0.15, 0.2) is 42.7 Å². The van der Waals surface area contributed by atoms with Gasteiger partial charge in [0.2, 0.25) is 0 Å². The van der Waals surface area contributed by atoms with E-state index in [4.69, 9.17) is 5.11 Å². The monoisotopic (exact) mass is 311 g/mol. The van der Waals surface area contributed by atoms with E-state index in [-0.39, 0.29) is 22.7 Å². The summed E-state index contributed by atoms with van der Waals surface area (Å²) < 4.78 is 0. The molecular formula is C17H17N3O3. The van der Waals surface area contributed by atoms with Crippen molar-refractivity contribution >= 4 is 11.9 Å². The molecule has 1 aromatic carbocycles. The standard InChI is InChI=1S/C17H17N3O3/c21-15(13-9-19-14(10-18-13)16(22)23)20-11-17(7-4-8-17)12-5-2-1-3-6-12/h1-3,5-6,9-10H,4,7-8,11H2,(H,20,21)(H,22,23). The summed E-state index contributed by atoms with van der Waals surface area (Å²) in [6.07, 6.45) is 5.52. The van der Waals surface area contributed by atoms with Crippen LogP contribution in [0.2, 0.25) is 0 Å². The minimum Gasteiger partial charge on any atom is -0.476 e. The molecule has 0 bridgehead atoms. The first-order chi connectivity index (χ1) is 11.1. The highest BCUT2D eigenvalue weighted by molar-refractivity contribution is 5.92. The van der Waals surface area contributed by atoms with Crippen LogP contribution in [0, 0.1) is 0 Å². The van der Waals surface area contributed by atoms with Crippen molar-refractivity contribution in [3.8, 4) is 0 Å². The number of amides is 1. The fraction of sp³-hybridized carbons (Fsp3) is 0.294. The van der Waals surface area contributed by atoms with E-state index < -0.39 is 5.97 Å². The SMILES string of the molecule is O=C(O)c1cnc(C(=O)NCC2(c3ccccc3)CCC2)cn1. The van der Waals surface area contributed by atoms with E-state index in [1.54, 1.807) is 0 Å². The number of carbonyl (C=O) groups excluding carboxylic acids is 1. The van der Waals surface area contributed by atoms with E-state index in [0.29, 0.717) is 6.54 Å². The Balaban J connectivity index is 1.67. The van der Waals surface area contributed by atoms with Crippen molar-refractivity contribution < 1.29 is 14.7 Å². The molecule has 1 aromatic heterocycles. The zero-order chi connectivity index (χ0) is 16.3. The van der Waals surface area contributed by atoms with E-state index in [0.717, 1.165) is 25.5 Å². The summed E-state index contributed by atoms with van der Waals surface area (Å²) in [6, 6.07) is 10.2. The molecule has 23 heavy (non-hydrogen) atoms. The van der Waals surface area contributed by atoms with Crippen LogP contribution >= 0.6 is 0 Å². The Morgan fingerprint density at radius 1 is 1.09 bits per heavy atom. The van der Waals surface area contributed by atoms with Crippen molar-refractivity contribution in [2.75, 3.05) is 6.54 Å². The summed E-state index contributed by atoms with van der Waals surface area (Å²) in [7, 11) is 0. The second-order valence-electron chi connectivity index (χ2n) is 5.77. The fourth-order valence-electron chi connectivity index (χ4n) is 2.86. The number of nitrogens with one attached hydrogen (secondary N) is 1. The molecule has 1 aliphatic rings. The number of carboxylic acid groups (broad SMARTS) is 1. The molecular weight excluding hydrogens is 294 g/mol. The number of carbonyl (C=O) groups is 2. The number of rotatable bonds is 5. The van der Waals surface area contributed by atoms with Crippen molar-refractivity contribution in [3.63, 3.8) is 0 Å². The first-order valence-corrected chi connectivity index (χ1v) is 7.50. The number of hydrogen-bond acceptors (Lipinski definition) is 4. The Labute approximate surface area is 133 Å². The zero-order valence-electron chi connectivity index (χ0n) is 12.5. The average Bonchev–Trinajstić information content (AvgIpc) is 2.55. The molecule has 118 valence electrons. The van der Waals surface area contributed by atoms with Crippen LogP contribution < -0.4 is 5.32 Å². The van der Waals surface area contributed by atoms with Crippen molar-refractivity contribution in [1.29, 1.82) is 0 Å². The van der Waals surface area contributed by atoms with Crippen molar-refractivity contribution in [3.05, 3.63) is 59.7 Å². The summed E-state index contributed by atoms with van der Waals surface area (Å²) in [6.45, 7) is 0.540. The highest BCUT2D eigenvalue weighted by Crippen LogP contribution is 2.43. The number of benzene rings is 1. The van der Waals surface area contributed by atoms with Gasteiger partial charge in [0.15, 0.2) is 5.69 Å². The lowest BCUT2D eigenvalue weighted by Gasteiger charge is -2.42. The molecule has 0 spiro atoms. The third-order valence-corrected chi connectivity index (χ3v) is 4.39. The summed E-state index contributed by atoms with van der Waals surface area (Å²) >= 11 is 0. The third-order valence-electron chi connectivity index (χ3n) is 4.39. The van der Waals surface area contributed by atoms with E-state index in [2.05, 4.69) is 27.4 Å². The van der Waals surface area contributed by atoms with E-state index in [9.17, 15) is 9.59 Å². The largest absolute Gasteiger partial charge is 0.476 e. The number of nitrogens with zero attached hydrogens (tertiary/aromatic N) is 2. The van der Waals surface area contributed by atoms with Crippen LogP contribution in [0.3, 0.4) is 0 Å². The summed E-state index contributed by atoms with van der Waals surface area (Å²) in [5, 5.41) is 11.7. The normalized spacial score (nSPS) is 15.5. The van der Waals surface area contributed by atoms with Gasteiger partial charge in [-0.25, -0.2) is 14.8 Å². The molecule has 1 amide bonds. The van der Waals surface area contributed by atoms with Crippen molar-refractivity contribution in [1.82, 2.24) is 15.3 Å². The lowest BCUT2D eigenvalue weighted by Crippen LogP contribution is -2.45. The lowest BCUT2D eigenvalue weighted by atomic mass is 9.64. The van der Waals surface area contributed by atoms with Crippen LogP contribution in [0.5, 0.6) is 0 Å². The minimum atomic E-state index is -1.16. The Morgan fingerprint density at radius 2 is 1.74 bits per heavy atom. The summed E-state index contributed by atoms with van der Waals surface area (Å²) in [5.41, 5.74) is 1.17. The van der Waals surface area contributed by atoms with Crippen molar-refractivity contribution in [2.24, 2.45) is 0 Å². The van der Waals surface area contributed by atoms with Gasteiger partial charge in [0.1, 0.15) is 5.69 Å². The number of aromatic carboxylic acids is 1. The van der Waals surface area contributed by atoms with Crippen LogP contribution in [0.25, 0.3) is 0 Å². The Morgan fingerprint density at radius 3 is 2.26 bits per heavy atom. The molecule has 0 saturated heterocycles. The van der Waals surface area contributed by atoms with Gasteiger partial charge in [-0.2, -0.15) is 0 Å². The maximum atomic E-state index is 12.2. The minimum absolute atomic E-state index is 0.00858. The first kappa shape index (κ1) is 15.1. The van der Waals surface area contributed by atoms with Gasteiger partial charge >= 0.3 is 5.97 Å². The number of aromatic nitrogens is 2. The molecule has 2 aromatic rings. The van der Waals surface area contributed by atoms with Crippen LogP contribution in [-0.4, -0.2) is 33.5 Å². The van der Waals surface area contributed by atoms with E-state index in [1.807, 2.05) is 18.2 Å². The quantitative estimate of drug-likeness (QED) is 0.881. The van der Waals surface area contributed by atoms with E-state index in [1.165, 1.54) is 11.8 Å². The van der Waals surface area contributed by atoms with E-state index >= 15 is 0 Å². The molecule has 0 radical (unpaired) electrons. The van der Waals surface area contributed by atoms with Crippen LogP contribution in [-0.2, 0) is 5.41 Å². The molecule has 1 aliphatic carbocycles. The Hall–Kier alpha value is -2.76. The molecule has 1 saturated carbocycles. The average molecular weight is 311 g/mol. The molecule has 0 atom stereocenters. The van der Waals surface area contributed by atoms with Gasteiger partial charge in [0, 0.05) is 12.0 Å². The maximum absolute atomic E-state index is 12.2. The molecule has 1 fully saturated rings. The van der Waals surface area contributed by atoms with Crippen molar-refractivity contribution in [2.45, 2.75) is 24.7 Å².